The lowest BCUT2D eigenvalue weighted by atomic mass is 9.88. The summed E-state index contributed by atoms with van der Waals surface area (Å²) in [7, 11) is 0. The van der Waals surface area contributed by atoms with Crippen molar-refractivity contribution >= 4 is 39.3 Å². The van der Waals surface area contributed by atoms with Crippen LogP contribution in [0.2, 0.25) is 0 Å². The first-order valence-corrected chi connectivity index (χ1v) is 12.6. The van der Waals surface area contributed by atoms with Crippen molar-refractivity contribution in [2.75, 3.05) is 10.6 Å². The summed E-state index contributed by atoms with van der Waals surface area (Å²) >= 11 is 3.48. The van der Waals surface area contributed by atoms with Crippen LogP contribution in [0.25, 0.3) is 11.5 Å². The average molecular weight is 541 g/mol. The zero-order chi connectivity index (χ0) is 24.9. The van der Waals surface area contributed by atoms with Crippen molar-refractivity contribution < 1.29 is 18.8 Å². The number of anilines is 2. The van der Waals surface area contributed by atoms with E-state index in [2.05, 4.69) is 36.7 Å². The first kappa shape index (κ1) is 24.9. The molecule has 0 spiro atoms. The summed E-state index contributed by atoms with van der Waals surface area (Å²) in [5.74, 6) is 0.420. The number of ether oxygens (including phenoxy) is 1. The number of halogens is 1. The Labute approximate surface area is 213 Å². The van der Waals surface area contributed by atoms with Crippen LogP contribution in [-0.2, 0) is 9.53 Å². The number of aromatic nitrogens is 2. The standard InChI is InChI=1S/C26H29BrN4O4/c1-15-21(29-25(32)18-9-5-4-6-10-18)13-14-22(28-15)24-23(16(2)31-35-24)30-26(33)34-17(3)19-11-7-8-12-20(19)27/h7-8,11-14,17-18H,4-6,9-10H2,1-3H3,(H,29,32)(H,30,33)/t17-/m0/s1. The number of hydrogen-bond donors (Lipinski definition) is 2. The van der Waals surface area contributed by atoms with Gasteiger partial charge < -0.3 is 14.6 Å². The Kier molecular flexibility index (Phi) is 7.85. The third-order valence-corrected chi connectivity index (χ3v) is 6.99. The number of aryl methyl sites for hydroxylation is 2. The van der Waals surface area contributed by atoms with Gasteiger partial charge in [0.25, 0.3) is 0 Å². The molecule has 1 aliphatic carbocycles. The third kappa shape index (κ3) is 5.90. The Bertz CT molecular complexity index is 1220. The Balaban J connectivity index is 1.46. The lowest BCUT2D eigenvalue weighted by Gasteiger charge is -2.21. The number of nitrogens with one attached hydrogen (secondary N) is 2. The predicted molar refractivity (Wildman–Crippen MR) is 137 cm³/mol. The molecule has 1 fully saturated rings. The van der Waals surface area contributed by atoms with Crippen LogP contribution in [0.3, 0.4) is 0 Å². The Morgan fingerprint density at radius 1 is 1.06 bits per heavy atom. The van der Waals surface area contributed by atoms with E-state index >= 15 is 0 Å². The molecule has 3 aromatic rings. The van der Waals surface area contributed by atoms with E-state index in [1.165, 1.54) is 6.42 Å². The highest BCUT2D eigenvalue weighted by Gasteiger charge is 2.24. The lowest BCUT2D eigenvalue weighted by Crippen LogP contribution is -2.25. The molecule has 8 nitrogen and oxygen atoms in total. The largest absolute Gasteiger partial charge is 0.441 e. The van der Waals surface area contributed by atoms with E-state index in [9.17, 15) is 9.59 Å². The van der Waals surface area contributed by atoms with Crippen molar-refractivity contribution in [3.05, 3.63) is 57.8 Å². The molecule has 9 heteroatoms. The number of hydrogen-bond acceptors (Lipinski definition) is 6. The van der Waals surface area contributed by atoms with Crippen LogP contribution in [0.5, 0.6) is 0 Å². The van der Waals surface area contributed by atoms with Crippen LogP contribution in [0.1, 0.15) is 62.1 Å². The highest BCUT2D eigenvalue weighted by molar-refractivity contribution is 9.10. The van der Waals surface area contributed by atoms with Crippen LogP contribution in [-0.4, -0.2) is 22.1 Å². The van der Waals surface area contributed by atoms with Crippen molar-refractivity contribution in [3.8, 4) is 11.5 Å². The van der Waals surface area contributed by atoms with E-state index < -0.39 is 12.2 Å². The maximum atomic E-state index is 12.6. The van der Waals surface area contributed by atoms with Crippen LogP contribution in [0.15, 0.2) is 45.4 Å². The predicted octanol–water partition coefficient (Wildman–Crippen LogP) is 6.94. The van der Waals surface area contributed by atoms with Gasteiger partial charge in [0.05, 0.1) is 11.4 Å². The van der Waals surface area contributed by atoms with Crippen molar-refractivity contribution in [2.24, 2.45) is 5.92 Å². The minimum absolute atomic E-state index is 0.0436. The molecule has 2 N–H and O–H groups in total. The second-order valence-corrected chi connectivity index (χ2v) is 9.67. The van der Waals surface area contributed by atoms with Gasteiger partial charge in [0.1, 0.15) is 23.2 Å². The van der Waals surface area contributed by atoms with Crippen LogP contribution in [0, 0.1) is 19.8 Å². The second kappa shape index (κ2) is 11.0. The molecule has 1 atom stereocenters. The SMILES string of the molecule is Cc1nc(-c2onc(C)c2NC(=O)O[C@@H](C)c2ccccc2Br)ccc1NC(=O)C1CCCCC1. The Hall–Kier alpha value is -3.20. The minimum Gasteiger partial charge on any atom is -0.441 e. The van der Waals surface area contributed by atoms with Crippen molar-refractivity contribution in [3.63, 3.8) is 0 Å². The topological polar surface area (TPSA) is 106 Å². The molecule has 1 saturated carbocycles. The maximum Gasteiger partial charge on any atom is 0.412 e. The van der Waals surface area contributed by atoms with Gasteiger partial charge in [-0.3, -0.25) is 10.1 Å². The van der Waals surface area contributed by atoms with E-state index in [4.69, 9.17) is 9.26 Å². The normalized spacial score (nSPS) is 14.9. The summed E-state index contributed by atoms with van der Waals surface area (Å²) in [6.45, 7) is 5.35. The fourth-order valence-electron chi connectivity index (χ4n) is 4.27. The number of nitrogens with zero attached hydrogens (tertiary/aromatic N) is 2. The van der Waals surface area contributed by atoms with E-state index in [1.54, 1.807) is 26.0 Å². The molecular weight excluding hydrogens is 512 g/mol. The summed E-state index contributed by atoms with van der Waals surface area (Å²) < 4.78 is 11.9. The second-order valence-electron chi connectivity index (χ2n) is 8.82. The zero-order valence-electron chi connectivity index (χ0n) is 20.1. The zero-order valence-corrected chi connectivity index (χ0v) is 21.6. The molecule has 184 valence electrons. The van der Waals surface area contributed by atoms with Gasteiger partial charge in [-0.05, 0) is 51.8 Å². The van der Waals surface area contributed by atoms with Gasteiger partial charge in [-0.25, -0.2) is 9.78 Å². The number of pyridine rings is 1. The number of benzene rings is 1. The molecule has 0 aliphatic heterocycles. The fraction of sp³-hybridized carbons (Fsp3) is 0.385. The molecule has 2 aromatic heterocycles. The molecule has 0 unspecified atom stereocenters. The molecule has 0 saturated heterocycles. The molecule has 1 aromatic carbocycles. The smallest absolute Gasteiger partial charge is 0.412 e. The van der Waals surface area contributed by atoms with Crippen LogP contribution < -0.4 is 10.6 Å². The number of rotatable bonds is 6. The number of carbonyl (C=O) groups is 2. The average Bonchev–Trinajstić information content (AvgIpc) is 3.20. The third-order valence-electron chi connectivity index (χ3n) is 6.27. The van der Waals surface area contributed by atoms with Gasteiger partial charge in [-0.1, -0.05) is 58.5 Å². The lowest BCUT2D eigenvalue weighted by molar-refractivity contribution is -0.120. The van der Waals surface area contributed by atoms with E-state index in [0.717, 1.165) is 35.7 Å². The van der Waals surface area contributed by atoms with Gasteiger partial charge in [-0.15, -0.1) is 0 Å². The monoisotopic (exact) mass is 540 g/mol. The van der Waals surface area contributed by atoms with Gasteiger partial charge in [0, 0.05) is 16.0 Å². The molecule has 35 heavy (non-hydrogen) atoms. The van der Waals surface area contributed by atoms with E-state index in [0.29, 0.717) is 34.2 Å². The highest BCUT2D eigenvalue weighted by Crippen LogP contribution is 2.33. The molecule has 2 amide bonds. The van der Waals surface area contributed by atoms with Crippen LogP contribution in [0.4, 0.5) is 16.2 Å². The summed E-state index contributed by atoms with van der Waals surface area (Å²) in [5, 5.41) is 9.75. The summed E-state index contributed by atoms with van der Waals surface area (Å²) in [5.41, 5.74) is 3.55. The van der Waals surface area contributed by atoms with Crippen LogP contribution >= 0.6 is 15.9 Å². The Morgan fingerprint density at radius 3 is 2.51 bits per heavy atom. The molecule has 0 bridgehead atoms. The summed E-state index contributed by atoms with van der Waals surface area (Å²) in [6, 6.07) is 11.1. The molecule has 0 radical (unpaired) electrons. The Morgan fingerprint density at radius 2 is 1.80 bits per heavy atom. The number of amides is 2. The first-order valence-electron chi connectivity index (χ1n) is 11.8. The van der Waals surface area contributed by atoms with Crippen molar-refractivity contribution in [1.29, 1.82) is 0 Å². The highest BCUT2D eigenvalue weighted by atomic mass is 79.9. The first-order chi connectivity index (χ1) is 16.8. The molecule has 1 aliphatic rings. The van der Waals surface area contributed by atoms with Gasteiger partial charge >= 0.3 is 6.09 Å². The summed E-state index contributed by atoms with van der Waals surface area (Å²) in [6.07, 6.45) is 4.15. The molecular formula is C26H29BrN4O4. The maximum absolute atomic E-state index is 12.6. The molecule has 2 heterocycles. The van der Waals surface area contributed by atoms with E-state index in [-0.39, 0.29) is 11.8 Å². The quantitative estimate of drug-likeness (QED) is 0.350. The van der Waals surface area contributed by atoms with Gasteiger partial charge in [0.2, 0.25) is 11.7 Å². The van der Waals surface area contributed by atoms with E-state index in [1.807, 2.05) is 31.2 Å². The minimum atomic E-state index is -0.631. The summed E-state index contributed by atoms with van der Waals surface area (Å²) in [4.78, 5) is 29.9. The molecule has 4 rings (SSSR count). The van der Waals surface area contributed by atoms with Crippen molar-refractivity contribution in [2.45, 2.75) is 59.0 Å². The van der Waals surface area contributed by atoms with Gasteiger partial charge in [0.15, 0.2) is 0 Å². The number of carbonyl (C=O) groups excluding carboxylic acids is 2. The fourth-order valence-corrected chi connectivity index (χ4v) is 4.88. The van der Waals surface area contributed by atoms with Crippen molar-refractivity contribution in [1.82, 2.24) is 10.1 Å². The van der Waals surface area contributed by atoms with Gasteiger partial charge in [-0.2, -0.15) is 0 Å².